The van der Waals surface area contributed by atoms with Crippen molar-refractivity contribution in [1.82, 2.24) is 0 Å². The highest BCUT2D eigenvalue weighted by molar-refractivity contribution is 9.10. The van der Waals surface area contributed by atoms with Gasteiger partial charge in [0, 0.05) is 4.47 Å². The van der Waals surface area contributed by atoms with Crippen LogP contribution in [0, 0.1) is 5.92 Å². The fraction of sp³-hybridized carbons (Fsp3) is 0.467. The number of carboxylic acids is 1. The summed E-state index contributed by atoms with van der Waals surface area (Å²) < 4.78 is 5.85. The van der Waals surface area contributed by atoms with E-state index in [0.29, 0.717) is 5.56 Å². The minimum absolute atomic E-state index is 0.0409. The molecule has 0 bridgehead atoms. The molecule has 1 atom stereocenters. The van der Waals surface area contributed by atoms with Crippen LogP contribution in [-0.4, -0.2) is 23.7 Å². The molecule has 1 rings (SSSR count). The standard InChI is InChI=1S/C15H19BrO4/c1-4-20-14(19)15(13(17)18,9-10(2)3)11-5-7-12(16)8-6-11/h5-8,10H,4,9H2,1-3H3,(H,17,18). The largest absolute Gasteiger partial charge is 0.480 e. The van der Waals surface area contributed by atoms with Crippen LogP contribution in [0.3, 0.4) is 0 Å². The van der Waals surface area contributed by atoms with Gasteiger partial charge < -0.3 is 9.84 Å². The van der Waals surface area contributed by atoms with Crippen LogP contribution in [0.1, 0.15) is 32.8 Å². The van der Waals surface area contributed by atoms with Gasteiger partial charge in [-0.25, -0.2) is 0 Å². The number of ether oxygens (including phenoxy) is 1. The summed E-state index contributed by atoms with van der Waals surface area (Å²) in [6.45, 7) is 5.59. The molecule has 0 fully saturated rings. The maximum atomic E-state index is 12.3. The van der Waals surface area contributed by atoms with Crippen LogP contribution >= 0.6 is 15.9 Å². The molecule has 0 saturated carbocycles. The van der Waals surface area contributed by atoms with Crippen molar-refractivity contribution in [2.24, 2.45) is 5.92 Å². The van der Waals surface area contributed by atoms with Gasteiger partial charge in [0.25, 0.3) is 0 Å². The molecular weight excluding hydrogens is 324 g/mol. The first-order valence-electron chi connectivity index (χ1n) is 6.51. The topological polar surface area (TPSA) is 63.6 Å². The van der Waals surface area contributed by atoms with Gasteiger partial charge in [0.2, 0.25) is 0 Å². The Labute approximate surface area is 127 Å². The summed E-state index contributed by atoms with van der Waals surface area (Å²) in [5.41, 5.74) is -1.20. The van der Waals surface area contributed by atoms with Crippen LogP contribution in [0.4, 0.5) is 0 Å². The summed E-state index contributed by atoms with van der Waals surface area (Å²) >= 11 is 3.30. The summed E-state index contributed by atoms with van der Waals surface area (Å²) in [7, 11) is 0. The first kappa shape index (κ1) is 16.7. The SMILES string of the molecule is CCOC(=O)C(CC(C)C)(C(=O)O)c1ccc(Br)cc1. The molecule has 1 aromatic rings. The summed E-state index contributed by atoms with van der Waals surface area (Å²) in [5, 5.41) is 9.68. The number of carboxylic acid groups (broad SMARTS) is 1. The van der Waals surface area contributed by atoms with Crippen molar-refractivity contribution in [3.05, 3.63) is 34.3 Å². The van der Waals surface area contributed by atoms with E-state index in [4.69, 9.17) is 4.74 Å². The second-order valence-electron chi connectivity index (χ2n) is 5.04. The van der Waals surface area contributed by atoms with Gasteiger partial charge in [0.05, 0.1) is 6.61 Å². The fourth-order valence-electron chi connectivity index (χ4n) is 2.22. The lowest BCUT2D eigenvalue weighted by atomic mass is 9.74. The predicted molar refractivity (Wildman–Crippen MR) is 79.5 cm³/mol. The lowest BCUT2D eigenvalue weighted by Gasteiger charge is -2.29. The van der Waals surface area contributed by atoms with Crippen molar-refractivity contribution in [1.29, 1.82) is 0 Å². The zero-order chi connectivity index (χ0) is 15.3. The van der Waals surface area contributed by atoms with E-state index in [1.807, 2.05) is 13.8 Å². The summed E-state index contributed by atoms with van der Waals surface area (Å²) in [5.74, 6) is -1.84. The van der Waals surface area contributed by atoms with E-state index in [1.54, 1.807) is 31.2 Å². The van der Waals surface area contributed by atoms with Crippen LogP contribution < -0.4 is 0 Å². The number of hydrogen-bond donors (Lipinski definition) is 1. The van der Waals surface area contributed by atoms with Crippen LogP contribution in [0.25, 0.3) is 0 Å². The normalized spacial score (nSPS) is 13.8. The van der Waals surface area contributed by atoms with E-state index in [9.17, 15) is 14.7 Å². The van der Waals surface area contributed by atoms with Crippen LogP contribution in [-0.2, 0) is 19.7 Å². The molecule has 1 N–H and O–H groups in total. The van der Waals surface area contributed by atoms with E-state index in [-0.39, 0.29) is 18.9 Å². The number of hydrogen-bond acceptors (Lipinski definition) is 3. The third kappa shape index (κ3) is 3.39. The monoisotopic (exact) mass is 342 g/mol. The van der Waals surface area contributed by atoms with E-state index < -0.39 is 17.4 Å². The summed E-state index contributed by atoms with van der Waals surface area (Å²) in [6.07, 6.45) is 0.197. The molecule has 1 unspecified atom stereocenters. The molecule has 1 aromatic carbocycles. The number of rotatable bonds is 6. The molecular formula is C15H19BrO4. The predicted octanol–water partition coefficient (Wildman–Crippen LogP) is 3.38. The number of halogens is 1. The number of aliphatic carboxylic acids is 1. The molecule has 20 heavy (non-hydrogen) atoms. The van der Waals surface area contributed by atoms with Gasteiger partial charge in [-0.15, -0.1) is 0 Å². The summed E-state index contributed by atoms with van der Waals surface area (Å²) in [4.78, 5) is 24.2. The van der Waals surface area contributed by atoms with Crippen molar-refractivity contribution in [2.75, 3.05) is 6.61 Å². The highest BCUT2D eigenvalue weighted by Gasteiger charge is 2.49. The van der Waals surface area contributed by atoms with Crippen molar-refractivity contribution < 1.29 is 19.4 Å². The number of carbonyl (C=O) groups excluding carboxylic acids is 1. The smallest absolute Gasteiger partial charge is 0.328 e. The van der Waals surface area contributed by atoms with Crippen LogP contribution in [0.15, 0.2) is 28.7 Å². The van der Waals surface area contributed by atoms with Gasteiger partial charge in [0.1, 0.15) is 0 Å². The van der Waals surface area contributed by atoms with Gasteiger partial charge in [-0.2, -0.15) is 0 Å². The van der Waals surface area contributed by atoms with Crippen molar-refractivity contribution in [2.45, 2.75) is 32.6 Å². The first-order chi connectivity index (χ1) is 9.34. The Morgan fingerprint density at radius 2 is 1.85 bits per heavy atom. The molecule has 0 spiro atoms. The average molecular weight is 343 g/mol. The third-order valence-corrected chi connectivity index (χ3v) is 3.57. The molecule has 110 valence electrons. The Morgan fingerprint density at radius 3 is 2.25 bits per heavy atom. The second-order valence-corrected chi connectivity index (χ2v) is 5.95. The van der Waals surface area contributed by atoms with Crippen molar-refractivity contribution >= 4 is 27.9 Å². The average Bonchev–Trinajstić information content (AvgIpc) is 2.36. The van der Waals surface area contributed by atoms with Gasteiger partial charge in [0.15, 0.2) is 5.41 Å². The molecule has 0 amide bonds. The minimum Gasteiger partial charge on any atom is -0.480 e. The molecule has 0 aliphatic heterocycles. The molecule has 0 saturated heterocycles. The highest BCUT2D eigenvalue weighted by atomic mass is 79.9. The van der Waals surface area contributed by atoms with E-state index >= 15 is 0 Å². The van der Waals surface area contributed by atoms with E-state index in [2.05, 4.69) is 15.9 Å². The van der Waals surface area contributed by atoms with Gasteiger partial charge >= 0.3 is 11.9 Å². The lowest BCUT2D eigenvalue weighted by Crippen LogP contribution is -2.46. The zero-order valence-corrected chi connectivity index (χ0v) is 13.4. The molecule has 0 heterocycles. The van der Waals surface area contributed by atoms with Crippen molar-refractivity contribution in [3.8, 4) is 0 Å². The lowest BCUT2D eigenvalue weighted by molar-refractivity contribution is -0.162. The Hall–Kier alpha value is -1.36. The second kappa shape index (κ2) is 6.88. The number of esters is 1. The van der Waals surface area contributed by atoms with Gasteiger partial charge in [-0.3, -0.25) is 9.59 Å². The molecule has 0 aliphatic rings. The quantitative estimate of drug-likeness (QED) is 0.635. The van der Waals surface area contributed by atoms with E-state index in [1.165, 1.54) is 0 Å². The molecule has 5 heteroatoms. The number of carbonyl (C=O) groups is 2. The van der Waals surface area contributed by atoms with Gasteiger partial charge in [-0.05, 0) is 37.0 Å². The molecule has 0 aliphatic carbocycles. The van der Waals surface area contributed by atoms with Gasteiger partial charge in [-0.1, -0.05) is 41.9 Å². The Balaban J connectivity index is 3.39. The minimum atomic E-state index is -1.65. The van der Waals surface area contributed by atoms with E-state index in [0.717, 1.165) is 4.47 Å². The highest BCUT2D eigenvalue weighted by Crippen LogP contribution is 2.34. The fourth-order valence-corrected chi connectivity index (χ4v) is 2.48. The zero-order valence-electron chi connectivity index (χ0n) is 11.9. The third-order valence-electron chi connectivity index (χ3n) is 3.04. The maximum absolute atomic E-state index is 12.3. The Morgan fingerprint density at radius 1 is 1.30 bits per heavy atom. The van der Waals surface area contributed by atoms with Crippen molar-refractivity contribution in [3.63, 3.8) is 0 Å². The Kier molecular flexibility index (Phi) is 5.74. The van der Waals surface area contributed by atoms with Crippen LogP contribution in [0.2, 0.25) is 0 Å². The number of benzene rings is 1. The maximum Gasteiger partial charge on any atom is 0.328 e. The van der Waals surface area contributed by atoms with Crippen LogP contribution in [0.5, 0.6) is 0 Å². The molecule has 4 nitrogen and oxygen atoms in total. The molecule has 0 aromatic heterocycles. The molecule has 0 radical (unpaired) electrons. The summed E-state index contributed by atoms with van der Waals surface area (Å²) in [6, 6.07) is 6.76. The first-order valence-corrected chi connectivity index (χ1v) is 7.30. The Bertz CT molecular complexity index is 481.